The highest BCUT2D eigenvalue weighted by Gasteiger charge is 2.32. The van der Waals surface area contributed by atoms with E-state index in [1.807, 2.05) is 36.4 Å². The van der Waals surface area contributed by atoms with Gasteiger partial charge < -0.3 is 41.3 Å². The van der Waals surface area contributed by atoms with Crippen LogP contribution in [0.3, 0.4) is 0 Å². The molecule has 6 aromatic rings. The second kappa shape index (κ2) is 15.1. The average Bonchev–Trinajstić information content (AvgIpc) is 4.00. The number of rotatable bonds is 12. The second-order valence-electron chi connectivity index (χ2n) is 13.6. The topological polar surface area (TPSA) is 245 Å². The van der Waals surface area contributed by atoms with Crippen molar-refractivity contribution in [1.29, 1.82) is 0 Å². The molecule has 8 bridgehead atoms. The molecule has 0 spiro atoms. The third kappa shape index (κ3) is 7.88. The van der Waals surface area contributed by atoms with Gasteiger partial charge in [-0.2, -0.15) is 0 Å². The lowest BCUT2D eigenvalue weighted by atomic mass is 9.97. The SMILES string of the molecule is N[C@@H](Cc1cnc[nH]1)C(=O)N[C@@H](Cc1cnc[nH]1)C(=O)N[C@@H](Cc1cnc[nH]1)C(=O)c1c2nc(cc3ccc(cc4nc(cc5ccc1[nH]5)CC4)[nH]3)CC2. The maximum absolute atomic E-state index is 15.0. The zero-order chi connectivity index (χ0) is 37.0. The van der Waals surface area contributed by atoms with Crippen LogP contribution in [0.1, 0.15) is 50.2 Å². The summed E-state index contributed by atoms with van der Waals surface area (Å²) in [5.41, 5.74) is 15.1. The number of aryl methyl sites for hydroxylation is 4. The van der Waals surface area contributed by atoms with E-state index in [-0.39, 0.29) is 25.0 Å². The molecular formula is C38H39N13O3. The third-order valence-corrected chi connectivity index (χ3v) is 9.59. The van der Waals surface area contributed by atoms with E-state index >= 15 is 0 Å². The van der Waals surface area contributed by atoms with Crippen molar-refractivity contribution in [2.75, 3.05) is 0 Å². The van der Waals surface area contributed by atoms with Crippen molar-refractivity contribution in [3.63, 3.8) is 0 Å². The van der Waals surface area contributed by atoms with E-state index in [9.17, 15) is 14.4 Å². The van der Waals surface area contributed by atoms with Crippen LogP contribution in [0.5, 0.6) is 0 Å². The number of aromatic amines is 5. The van der Waals surface area contributed by atoms with Crippen molar-refractivity contribution in [3.05, 3.63) is 125 Å². The molecule has 0 aliphatic carbocycles. The van der Waals surface area contributed by atoms with Crippen LogP contribution >= 0.6 is 0 Å². The van der Waals surface area contributed by atoms with E-state index in [4.69, 9.17) is 15.7 Å². The molecule has 6 aromatic heterocycles. The smallest absolute Gasteiger partial charge is 0.243 e. The minimum Gasteiger partial charge on any atom is -0.355 e. The Hall–Kier alpha value is -6.68. The molecule has 0 fully saturated rings. The average molecular weight is 726 g/mol. The van der Waals surface area contributed by atoms with Crippen LogP contribution < -0.4 is 16.4 Å². The monoisotopic (exact) mass is 725 g/mol. The molecule has 2 aliphatic heterocycles. The van der Waals surface area contributed by atoms with Crippen molar-refractivity contribution >= 4 is 39.7 Å². The summed E-state index contributed by atoms with van der Waals surface area (Å²) >= 11 is 0. The number of hydrogen-bond acceptors (Lipinski definition) is 9. The number of nitrogens with zero attached hydrogens (tertiary/aromatic N) is 5. The summed E-state index contributed by atoms with van der Waals surface area (Å²) in [6.07, 6.45) is 12.4. The molecule has 0 aromatic carbocycles. The van der Waals surface area contributed by atoms with Crippen molar-refractivity contribution in [3.8, 4) is 0 Å². The molecule has 16 nitrogen and oxygen atoms in total. The number of H-pyrrole nitrogens is 5. The molecule has 2 amide bonds. The first-order valence-corrected chi connectivity index (χ1v) is 17.8. The molecule has 8 heterocycles. The number of imidazole rings is 3. The van der Waals surface area contributed by atoms with E-state index in [0.717, 1.165) is 46.5 Å². The molecule has 3 atom stereocenters. The van der Waals surface area contributed by atoms with Gasteiger partial charge in [-0.15, -0.1) is 0 Å². The Morgan fingerprint density at radius 1 is 0.630 bits per heavy atom. The van der Waals surface area contributed by atoms with Crippen LogP contribution in [0, 0.1) is 0 Å². The summed E-state index contributed by atoms with van der Waals surface area (Å²) < 4.78 is 0. The van der Waals surface area contributed by atoms with Crippen LogP contribution in [0.25, 0.3) is 22.1 Å². The van der Waals surface area contributed by atoms with Gasteiger partial charge in [0.2, 0.25) is 11.8 Å². The molecule has 0 unspecified atom stereocenters. The fourth-order valence-electron chi connectivity index (χ4n) is 6.89. The number of amides is 2. The maximum atomic E-state index is 15.0. The van der Waals surface area contributed by atoms with Gasteiger partial charge >= 0.3 is 0 Å². The minimum atomic E-state index is -1.09. The standard InChI is InChI=1S/C38H39N13O3/c39-30(12-27-15-40-18-43-27)37(53)51-34(14-29-17-42-20-45-29)38(54)50-33(13-28-16-41-19-44-28)36(52)35-31-7-5-25(48-31)10-23-3-1-21(46-23)9-22-2-4-24(47-22)11-26-6-8-32(35)49-26/h1,3,6,8-11,15-20,30,33-34,46,49H,2,4-5,7,12-14,39H2,(H,40,43)(H,41,44)(H,42,45)(H,50,54)(H,51,53)/t30-,33-,34-/m0/s1. The number of fused-ring (bicyclic) bond motifs is 8. The number of Topliss-reactive ketones (excluding diaryl/α,β-unsaturated/α-hetero) is 1. The van der Waals surface area contributed by atoms with Crippen molar-refractivity contribution in [2.24, 2.45) is 5.73 Å². The van der Waals surface area contributed by atoms with Gasteiger partial charge in [0.25, 0.3) is 0 Å². The highest BCUT2D eigenvalue weighted by Crippen LogP contribution is 2.23. The van der Waals surface area contributed by atoms with Gasteiger partial charge in [-0.25, -0.2) is 15.0 Å². The van der Waals surface area contributed by atoms with E-state index in [1.54, 1.807) is 18.6 Å². The quantitative estimate of drug-likeness (QED) is 0.0862. The number of nitrogens with two attached hydrogens (primary N) is 1. The summed E-state index contributed by atoms with van der Waals surface area (Å²) in [4.78, 5) is 80.4. The Kier molecular flexibility index (Phi) is 9.63. The first-order chi connectivity index (χ1) is 26.3. The highest BCUT2D eigenvalue weighted by molar-refractivity contribution is 6.08. The lowest BCUT2D eigenvalue weighted by Crippen LogP contribution is -2.56. The molecule has 0 radical (unpaired) electrons. The first kappa shape index (κ1) is 34.4. The van der Waals surface area contributed by atoms with Gasteiger partial charge in [-0.3, -0.25) is 24.4 Å². The highest BCUT2D eigenvalue weighted by atomic mass is 16.2. The lowest BCUT2D eigenvalue weighted by molar-refractivity contribution is -0.129. The van der Waals surface area contributed by atoms with Crippen LogP contribution in [0.4, 0.5) is 0 Å². The predicted molar refractivity (Wildman–Crippen MR) is 199 cm³/mol. The lowest BCUT2D eigenvalue weighted by Gasteiger charge is -2.24. The van der Waals surface area contributed by atoms with Crippen molar-refractivity contribution in [1.82, 2.24) is 60.5 Å². The number of aromatic nitrogens is 10. The number of nitrogens with one attached hydrogen (secondary N) is 7. The summed E-state index contributed by atoms with van der Waals surface area (Å²) in [6.45, 7) is 0. The second-order valence-corrected chi connectivity index (χ2v) is 13.6. The fraction of sp³-hybridized carbons (Fsp3) is 0.263. The fourth-order valence-corrected chi connectivity index (χ4v) is 6.89. The molecule has 274 valence electrons. The Balaban J connectivity index is 1.17. The summed E-state index contributed by atoms with van der Waals surface area (Å²) in [5.74, 6) is -1.45. The Labute approximate surface area is 308 Å². The van der Waals surface area contributed by atoms with Gasteiger partial charge in [-0.1, -0.05) is 0 Å². The van der Waals surface area contributed by atoms with Crippen LogP contribution in [0.2, 0.25) is 0 Å². The maximum Gasteiger partial charge on any atom is 0.243 e. The number of ketones is 1. The van der Waals surface area contributed by atoms with Gasteiger partial charge in [-0.05, 0) is 68.1 Å². The summed E-state index contributed by atoms with van der Waals surface area (Å²) in [5, 5.41) is 5.77. The van der Waals surface area contributed by atoms with E-state index in [2.05, 4.69) is 56.6 Å². The van der Waals surface area contributed by atoms with E-state index in [0.29, 0.717) is 46.7 Å². The third-order valence-electron chi connectivity index (χ3n) is 9.59. The normalized spacial score (nSPS) is 14.3. The predicted octanol–water partition coefficient (Wildman–Crippen LogP) is 2.26. The summed E-state index contributed by atoms with van der Waals surface area (Å²) in [7, 11) is 0. The number of carbonyl (C=O) groups excluding carboxylic acids is 3. The van der Waals surface area contributed by atoms with E-state index in [1.165, 1.54) is 19.0 Å². The van der Waals surface area contributed by atoms with Crippen molar-refractivity contribution < 1.29 is 14.4 Å². The summed E-state index contributed by atoms with van der Waals surface area (Å²) in [6, 6.07) is 10.7. The minimum absolute atomic E-state index is 0.0772. The molecule has 8 rings (SSSR count). The van der Waals surface area contributed by atoms with Crippen LogP contribution in [-0.4, -0.2) is 85.6 Å². The molecule has 0 saturated heterocycles. The van der Waals surface area contributed by atoms with Gasteiger partial charge in [0.1, 0.15) is 6.04 Å². The molecule has 9 N–H and O–H groups in total. The zero-order valence-electron chi connectivity index (χ0n) is 29.2. The Morgan fingerprint density at radius 2 is 1.15 bits per heavy atom. The zero-order valence-corrected chi connectivity index (χ0v) is 29.2. The van der Waals surface area contributed by atoms with Gasteiger partial charge in [0, 0.05) is 88.6 Å². The van der Waals surface area contributed by atoms with Crippen molar-refractivity contribution in [2.45, 2.75) is 63.1 Å². The first-order valence-electron chi connectivity index (χ1n) is 17.8. The Bertz CT molecular complexity index is 2430. The molecule has 2 aliphatic rings. The largest absolute Gasteiger partial charge is 0.355 e. The molecule has 54 heavy (non-hydrogen) atoms. The van der Waals surface area contributed by atoms with Crippen LogP contribution in [0.15, 0.2) is 80.0 Å². The van der Waals surface area contributed by atoms with Gasteiger partial charge in [0.05, 0.1) is 47.8 Å². The number of hydrogen-bond donors (Lipinski definition) is 8. The molecular weight excluding hydrogens is 687 g/mol. The van der Waals surface area contributed by atoms with Crippen LogP contribution in [-0.2, 0) is 54.5 Å². The number of carbonyl (C=O) groups is 3. The Morgan fingerprint density at radius 3 is 1.76 bits per heavy atom. The molecule has 16 heteroatoms. The van der Waals surface area contributed by atoms with E-state index < -0.39 is 29.9 Å². The van der Waals surface area contributed by atoms with Gasteiger partial charge in [0.15, 0.2) is 5.78 Å². The molecule has 0 saturated carbocycles.